The number of nitrogens with zero attached hydrogens (tertiary/aromatic N) is 3. The van der Waals surface area contributed by atoms with Crippen LogP contribution in [-0.4, -0.2) is 31.0 Å². The van der Waals surface area contributed by atoms with Crippen LogP contribution in [0.15, 0.2) is 58.5 Å². The van der Waals surface area contributed by atoms with Gasteiger partial charge < -0.3 is 0 Å². The Morgan fingerprint density at radius 1 is 1.09 bits per heavy atom. The number of aryl methyl sites for hydroxylation is 1. The molecule has 0 N–H and O–H groups in total. The first-order chi connectivity index (χ1) is 10.8. The molecule has 0 amide bonds. The van der Waals surface area contributed by atoms with Crippen LogP contribution in [0.1, 0.15) is 11.1 Å². The summed E-state index contributed by atoms with van der Waals surface area (Å²) >= 11 is 0. The molecule has 2 rings (SSSR count). The fourth-order valence-electron chi connectivity index (χ4n) is 1.75. The largest absolute Gasteiger partial charge is 0.278 e. The fourth-order valence-corrected chi connectivity index (χ4v) is 2.71. The Balaban J connectivity index is 2.18. The second-order valence-corrected chi connectivity index (χ2v) is 6.80. The van der Waals surface area contributed by atoms with Gasteiger partial charge in [-0.25, -0.2) is 0 Å². The zero-order valence-electron chi connectivity index (χ0n) is 12.6. The summed E-state index contributed by atoms with van der Waals surface area (Å²) in [7, 11) is -2.39. The van der Waals surface area contributed by atoms with Crippen molar-refractivity contribution in [1.29, 1.82) is 0 Å². The quantitative estimate of drug-likeness (QED) is 0.477. The highest BCUT2D eigenvalue weighted by Crippen LogP contribution is 2.15. The molecule has 0 fully saturated rings. The van der Waals surface area contributed by atoms with Gasteiger partial charge in [-0.3, -0.25) is 10.1 Å². The highest BCUT2D eigenvalue weighted by molar-refractivity contribution is 7.89. The van der Waals surface area contributed by atoms with Crippen molar-refractivity contribution in [1.82, 2.24) is 4.41 Å². The Kier molecular flexibility index (Phi) is 4.75. The van der Waals surface area contributed by atoms with E-state index in [4.69, 9.17) is 0 Å². The first kappa shape index (κ1) is 16.6. The number of nitro groups is 1. The number of non-ortho nitro benzene ring substituents is 1. The van der Waals surface area contributed by atoms with Gasteiger partial charge in [-0.1, -0.05) is 17.7 Å². The number of hydrogen-bond acceptors (Lipinski definition) is 5. The van der Waals surface area contributed by atoms with Crippen LogP contribution in [0.3, 0.4) is 0 Å². The molecular formula is C15H15N3O4S. The highest BCUT2D eigenvalue weighted by Gasteiger charge is 2.18. The highest BCUT2D eigenvalue weighted by atomic mass is 32.2. The van der Waals surface area contributed by atoms with Crippen molar-refractivity contribution in [3.63, 3.8) is 0 Å². The molecular weight excluding hydrogens is 318 g/mol. The van der Waals surface area contributed by atoms with E-state index >= 15 is 0 Å². The molecule has 0 spiro atoms. The van der Waals surface area contributed by atoms with E-state index in [9.17, 15) is 18.5 Å². The molecule has 0 aromatic heterocycles. The van der Waals surface area contributed by atoms with E-state index in [1.165, 1.54) is 49.7 Å². The summed E-state index contributed by atoms with van der Waals surface area (Å²) in [6, 6.07) is 12.1. The van der Waals surface area contributed by atoms with Crippen LogP contribution in [0.2, 0.25) is 0 Å². The molecule has 2 aromatic rings. The third-order valence-electron chi connectivity index (χ3n) is 3.14. The van der Waals surface area contributed by atoms with Crippen molar-refractivity contribution in [3.05, 3.63) is 69.8 Å². The first-order valence-corrected chi connectivity index (χ1v) is 8.09. The molecule has 0 unspecified atom stereocenters. The van der Waals surface area contributed by atoms with Gasteiger partial charge in [-0.2, -0.15) is 17.9 Å². The van der Waals surface area contributed by atoms with Crippen LogP contribution in [0.25, 0.3) is 0 Å². The van der Waals surface area contributed by atoms with Crippen LogP contribution in [0.4, 0.5) is 5.69 Å². The lowest BCUT2D eigenvalue weighted by Crippen LogP contribution is -2.21. The number of sulfonamides is 1. The van der Waals surface area contributed by atoms with Gasteiger partial charge in [0, 0.05) is 19.2 Å². The van der Waals surface area contributed by atoms with E-state index in [2.05, 4.69) is 5.10 Å². The van der Waals surface area contributed by atoms with E-state index < -0.39 is 14.9 Å². The van der Waals surface area contributed by atoms with Crippen molar-refractivity contribution >= 4 is 21.9 Å². The molecule has 0 aliphatic carbocycles. The minimum atomic E-state index is -3.72. The SMILES string of the molecule is Cc1ccc(S(=O)(=O)N(C)N=Cc2ccc([N+](=O)[O-])cc2)cc1. The average molecular weight is 333 g/mol. The van der Waals surface area contributed by atoms with E-state index in [-0.39, 0.29) is 10.6 Å². The van der Waals surface area contributed by atoms with Crippen LogP contribution >= 0.6 is 0 Å². The number of hydrazone groups is 1. The summed E-state index contributed by atoms with van der Waals surface area (Å²) in [5, 5.41) is 14.5. The summed E-state index contributed by atoms with van der Waals surface area (Å²) in [6.07, 6.45) is 1.33. The smallest absolute Gasteiger partial charge is 0.258 e. The van der Waals surface area contributed by atoms with Gasteiger partial charge in [-0.05, 0) is 36.8 Å². The average Bonchev–Trinajstić information content (AvgIpc) is 2.53. The third-order valence-corrected chi connectivity index (χ3v) is 4.80. The third kappa shape index (κ3) is 3.92. The fraction of sp³-hybridized carbons (Fsp3) is 0.133. The molecule has 0 aliphatic heterocycles. The van der Waals surface area contributed by atoms with Gasteiger partial charge in [0.25, 0.3) is 15.7 Å². The van der Waals surface area contributed by atoms with Crippen LogP contribution in [-0.2, 0) is 10.0 Å². The van der Waals surface area contributed by atoms with Crippen LogP contribution in [0.5, 0.6) is 0 Å². The molecule has 2 aromatic carbocycles. The normalized spacial score (nSPS) is 11.6. The van der Waals surface area contributed by atoms with Gasteiger partial charge in [0.15, 0.2) is 0 Å². The Morgan fingerprint density at radius 3 is 2.17 bits per heavy atom. The second-order valence-electron chi connectivity index (χ2n) is 4.85. The Hall–Kier alpha value is -2.74. The molecule has 0 saturated heterocycles. The first-order valence-electron chi connectivity index (χ1n) is 6.65. The zero-order valence-corrected chi connectivity index (χ0v) is 13.4. The summed E-state index contributed by atoms with van der Waals surface area (Å²) in [6.45, 7) is 1.87. The molecule has 0 radical (unpaired) electrons. The maximum atomic E-state index is 12.3. The lowest BCUT2D eigenvalue weighted by molar-refractivity contribution is -0.384. The monoisotopic (exact) mass is 333 g/mol. The van der Waals surface area contributed by atoms with Gasteiger partial charge in [-0.15, -0.1) is 0 Å². The lowest BCUT2D eigenvalue weighted by Gasteiger charge is -2.13. The molecule has 120 valence electrons. The van der Waals surface area contributed by atoms with Gasteiger partial charge in [0.05, 0.1) is 16.0 Å². The molecule has 8 heteroatoms. The maximum absolute atomic E-state index is 12.3. The Morgan fingerprint density at radius 2 is 1.65 bits per heavy atom. The van der Waals surface area contributed by atoms with E-state index in [1.807, 2.05) is 6.92 Å². The topological polar surface area (TPSA) is 92.9 Å². The second kappa shape index (κ2) is 6.57. The molecule has 0 aliphatic rings. The maximum Gasteiger partial charge on any atom is 0.278 e. The molecule has 0 saturated carbocycles. The lowest BCUT2D eigenvalue weighted by atomic mass is 10.2. The van der Waals surface area contributed by atoms with Crippen molar-refractivity contribution in [2.24, 2.45) is 5.10 Å². The van der Waals surface area contributed by atoms with Crippen molar-refractivity contribution in [2.45, 2.75) is 11.8 Å². The van der Waals surface area contributed by atoms with Gasteiger partial charge >= 0.3 is 0 Å². The van der Waals surface area contributed by atoms with Gasteiger partial charge in [0.1, 0.15) is 0 Å². The van der Waals surface area contributed by atoms with Crippen molar-refractivity contribution in [2.75, 3.05) is 7.05 Å². The van der Waals surface area contributed by atoms with Gasteiger partial charge in [0.2, 0.25) is 0 Å². The predicted molar refractivity (Wildman–Crippen MR) is 86.8 cm³/mol. The van der Waals surface area contributed by atoms with E-state index in [0.29, 0.717) is 5.56 Å². The minimum absolute atomic E-state index is 0.0391. The zero-order chi connectivity index (χ0) is 17.0. The number of rotatable bonds is 5. The summed E-state index contributed by atoms with van der Waals surface area (Å²) in [4.78, 5) is 10.2. The number of hydrogen-bond donors (Lipinski definition) is 0. The number of benzene rings is 2. The van der Waals surface area contributed by atoms with E-state index in [1.54, 1.807) is 12.1 Å². The standard InChI is InChI=1S/C15H15N3O4S/c1-12-3-9-15(10-4-12)23(21,22)17(2)16-11-13-5-7-14(8-6-13)18(19)20/h3-11H,1-2H3. The molecule has 0 bridgehead atoms. The molecule has 0 atom stereocenters. The molecule has 23 heavy (non-hydrogen) atoms. The Bertz CT molecular complexity index is 828. The number of nitro benzene ring substituents is 1. The molecule has 7 nitrogen and oxygen atoms in total. The molecule has 0 heterocycles. The predicted octanol–water partition coefficient (Wildman–Crippen LogP) is 2.56. The van der Waals surface area contributed by atoms with Crippen molar-refractivity contribution < 1.29 is 13.3 Å². The van der Waals surface area contributed by atoms with Crippen molar-refractivity contribution in [3.8, 4) is 0 Å². The van der Waals surface area contributed by atoms with Crippen LogP contribution in [0, 0.1) is 17.0 Å². The van der Waals surface area contributed by atoms with E-state index in [0.717, 1.165) is 9.98 Å². The summed E-state index contributed by atoms with van der Waals surface area (Å²) < 4.78 is 25.5. The summed E-state index contributed by atoms with van der Waals surface area (Å²) in [5.74, 6) is 0. The van der Waals surface area contributed by atoms with Crippen LogP contribution < -0.4 is 0 Å². The minimum Gasteiger partial charge on any atom is -0.258 e. The Labute approximate surface area is 134 Å². The summed E-state index contributed by atoms with van der Waals surface area (Å²) in [5.41, 5.74) is 1.48.